The van der Waals surface area contributed by atoms with Gasteiger partial charge in [-0.25, -0.2) is 8.78 Å². The third kappa shape index (κ3) is 2.12. The van der Waals surface area contributed by atoms with Crippen LogP contribution in [-0.2, 0) is 6.42 Å². The van der Waals surface area contributed by atoms with Crippen LogP contribution in [0.5, 0.6) is 0 Å². The fraction of sp³-hybridized carbons (Fsp3) is 0.133. The summed E-state index contributed by atoms with van der Waals surface area (Å²) in [6.45, 7) is 0.438. The van der Waals surface area contributed by atoms with Crippen molar-refractivity contribution in [3.05, 3.63) is 63.6 Å². The summed E-state index contributed by atoms with van der Waals surface area (Å²) >= 11 is 3.00. The molecule has 0 fully saturated rings. The number of hydrogen-bond donors (Lipinski definition) is 0. The summed E-state index contributed by atoms with van der Waals surface area (Å²) in [5, 5.41) is 0. The lowest BCUT2D eigenvalue weighted by molar-refractivity contribution is 0.0981. The molecule has 2 aromatic rings. The lowest BCUT2D eigenvalue weighted by atomic mass is 10.1. The Labute approximate surface area is 123 Å². The van der Waals surface area contributed by atoms with E-state index in [1.54, 1.807) is 12.1 Å². The SMILES string of the molecule is O=C(c1c(F)cc(Br)cc1F)N1CCc2ccccc21. The van der Waals surface area contributed by atoms with Crippen LogP contribution in [-0.4, -0.2) is 12.5 Å². The number of carbonyl (C=O) groups is 1. The highest BCUT2D eigenvalue weighted by Gasteiger charge is 2.29. The zero-order valence-corrected chi connectivity index (χ0v) is 12.0. The number of halogens is 3. The highest BCUT2D eigenvalue weighted by atomic mass is 79.9. The van der Waals surface area contributed by atoms with E-state index in [1.807, 2.05) is 12.1 Å². The van der Waals surface area contributed by atoms with Gasteiger partial charge in [-0.05, 0) is 30.2 Å². The van der Waals surface area contributed by atoms with Crippen LogP contribution in [0.25, 0.3) is 0 Å². The van der Waals surface area contributed by atoms with Crippen molar-refractivity contribution in [3.63, 3.8) is 0 Å². The van der Waals surface area contributed by atoms with E-state index in [1.165, 1.54) is 4.90 Å². The molecule has 0 N–H and O–H groups in total. The van der Waals surface area contributed by atoms with Crippen LogP contribution in [0, 0.1) is 11.6 Å². The van der Waals surface area contributed by atoms with Crippen molar-refractivity contribution in [1.29, 1.82) is 0 Å². The standard InChI is InChI=1S/C15H10BrF2NO/c16-10-7-11(17)14(12(18)8-10)15(20)19-6-5-9-3-1-2-4-13(9)19/h1-4,7-8H,5-6H2. The first-order valence-corrected chi connectivity index (χ1v) is 6.91. The molecule has 1 amide bonds. The van der Waals surface area contributed by atoms with Crippen molar-refractivity contribution in [2.24, 2.45) is 0 Å². The molecule has 0 atom stereocenters. The number of hydrogen-bond acceptors (Lipinski definition) is 1. The van der Waals surface area contributed by atoms with Gasteiger partial charge in [0.05, 0.1) is 0 Å². The minimum Gasteiger partial charge on any atom is -0.308 e. The van der Waals surface area contributed by atoms with Gasteiger partial charge in [0.15, 0.2) is 0 Å². The average molecular weight is 338 g/mol. The van der Waals surface area contributed by atoms with Gasteiger partial charge in [-0.3, -0.25) is 4.79 Å². The summed E-state index contributed by atoms with van der Waals surface area (Å²) < 4.78 is 28.0. The summed E-state index contributed by atoms with van der Waals surface area (Å²) in [5.74, 6) is -2.35. The number of anilines is 1. The molecule has 0 unspecified atom stereocenters. The number of amides is 1. The van der Waals surface area contributed by atoms with Crippen LogP contribution < -0.4 is 4.90 Å². The number of benzene rings is 2. The zero-order chi connectivity index (χ0) is 14.3. The molecule has 20 heavy (non-hydrogen) atoms. The maximum atomic E-state index is 13.9. The number of nitrogens with zero attached hydrogens (tertiary/aromatic N) is 1. The smallest absolute Gasteiger partial charge is 0.264 e. The van der Waals surface area contributed by atoms with Crippen LogP contribution in [0.2, 0.25) is 0 Å². The van der Waals surface area contributed by atoms with Crippen molar-refractivity contribution >= 4 is 27.5 Å². The van der Waals surface area contributed by atoms with Gasteiger partial charge in [-0.15, -0.1) is 0 Å². The van der Waals surface area contributed by atoms with Crippen LogP contribution >= 0.6 is 15.9 Å². The van der Waals surface area contributed by atoms with Gasteiger partial charge in [0.1, 0.15) is 17.2 Å². The molecule has 102 valence electrons. The molecule has 0 saturated carbocycles. The molecule has 5 heteroatoms. The van der Waals surface area contributed by atoms with Crippen LogP contribution in [0.15, 0.2) is 40.9 Å². The zero-order valence-electron chi connectivity index (χ0n) is 10.4. The second-order valence-corrected chi connectivity index (χ2v) is 5.50. The summed E-state index contributed by atoms with van der Waals surface area (Å²) in [7, 11) is 0. The minimum atomic E-state index is -0.855. The summed E-state index contributed by atoms with van der Waals surface area (Å²) in [5.41, 5.74) is 1.22. The lowest BCUT2D eigenvalue weighted by Gasteiger charge is -2.18. The Morgan fingerprint density at radius 2 is 1.80 bits per heavy atom. The molecule has 1 aliphatic heterocycles. The van der Waals surface area contributed by atoms with E-state index in [-0.39, 0.29) is 4.47 Å². The molecule has 1 aliphatic rings. The third-order valence-corrected chi connectivity index (χ3v) is 3.81. The van der Waals surface area contributed by atoms with Crippen molar-refractivity contribution in [2.75, 3.05) is 11.4 Å². The third-order valence-electron chi connectivity index (χ3n) is 3.35. The highest BCUT2D eigenvalue weighted by molar-refractivity contribution is 9.10. The van der Waals surface area contributed by atoms with Crippen molar-refractivity contribution < 1.29 is 13.6 Å². The molecular formula is C15H10BrF2NO. The van der Waals surface area contributed by atoms with Crippen LogP contribution in [0.1, 0.15) is 15.9 Å². The fourth-order valence-electron chi connectivity index (χ4n) is 2.43. The first-order valence-electron chi connectivity index (χ1n) is 6.12. The second-order valence-electron chi connectivity index (χ2n) is 4.58. The quantitative estimate of drug-likeness (QED) is 0.772. The van der Waals surface area contributed by atoms with Gasteiger partial charge in [-0.2, -0.15) is 0 Å². The maximum Gasteiger partial charge on any atom is 0.264 e. The van der Waals surface area contributed by atoms with E-state index in [9.17, 15) is 13.6 Å². The first kappa shape index (κ1) is 13.2. The number of rotatable bonds is 1. The molecule has 0 saturated heterocycles. The van der Waals surface area contributed by atoms with Gasteiger partial charge in [0.2, 0.25) is 0 Å². The van der Waals surface area contributed by atoms with Crippen LogP contribution in [0.3, 0.4) is 0 Å². The van der Waals surface area contributed by atoms with E-state index < -0.39 is 23.1 Å². The normalized spacial score (nSPS) is 13.4. The van der Waals surface area contributed by atoms with E-state index in [2.05, 4.69) is 15.9 Å². The maximum absolute atomic E-state index is 13.9. The van der Waals surface area contributed by atoms with Gasteiger partial charge in [0.25, 0.3) is 5.91 Å². The monoisotopic (exact) mass is 337 g/mol. The molecule has 2 nitrogen and oxygen atoms in total. The molecule has 0 radical (unpaired) electrons. The van der Waals surface area contributed by atoms with Crippen molar-refractivity contribution in [2.45, 2.75) is 6.42 Å². The van der Waals surface area contributed by atoms with Gasteiger partial charge >= 0.3 is 0 Å². The van der Waals surface area contributed by atoms with Gasteiger partial charge in [-0.1, -0.05) is 34.1 Å². The molecule has 1 heterocycles. The summed E-state index contributed by atoms with van der Waals surface area (Å²) in [4.78, 5) is 13.8. The molecule has 0 spiro atoms. The Morgan fingerprint density at radius 1 is 1.15 bits per heavy atom. The molecule has 2 aromatic carbocycles. The fourth-order valence-corrected chi connectivity index (χ4v) is 2.83. The summed E-state index contributed by atoms with van der Waals surface area (Å²) in [6, 6.07) is 9.58. The topological polar surface area (TPSA) is 20.3 Å². The van der Waals surface area contributed by atoms with Crippen LogP contribution in [0.4, 0.5) is 14.5 Å². The highest BCUT2D eigenvalue weighted by Crippen LogP contribution is 2.30. The van der Waals surface area contributed by atoms with E-state index in [0.29, 0.717) is 13.0 Å². The number of fused-ring (bicyclic) bond motifs is 1. The Morgan fingerprint density at radius 3 is 2.50 bits per heavy atom. The number of carbonyl (C=O) groups excluding carboxylic acids is 1. The lowest BCUT2D eigenvalue weighted by Crippen LogP contribution is -2.30. The molecule has 0 bridgehead atoms. The number of para-hydroxylation sites is 1. The molecule has 0 aromatic heterocycles. The Hall–Kier alpha value is -1.75. The minimum absolute atomic E-state index is 0.269. The second kappa shape index (κ2) is 4.98. The Balaban J connectivity index is 2.03. The van der Waals surface area contributed by atoms with E-state index >= 15 is 0 Å². The van der Waals surface area contributed by atoms with E-state index in [4.69, 9.17) is 0 Å². The Bertz CT molecular complexity index is 679. The van der Waals surface area contributed by atoms with Crippen molar-refractivity contribution in [1.82, 2.24) is 0 Å². The molecular weight excluding hydrogens is 328 g/mol. The first-order chi connectivity index (χ1) is 9.58. The largest absolute Gasteiger partial charge is 0.308 e. The van der Waals surface area contributed by atoms with Crippen molar-refractivity contribution in [3.8, 4) is 0 Å². The van der Waals surface area contributed by atoms with Gasteiger partial charge in [0, 0.05) is 16.7 Å². The van der Waals surface area contributed by atoms with E-state index in [0.717, 1.165) is 23.4 Å². The summed E-state index contributed by atoms with van der Waals surface area (Å²) in [6.07, 6.45) is 0.696. The van der Waals surface area contributed by atoms with Gasteiger partial charge < -0.3 is 4.90 Å². The molecule has 0 aliphatic carbocycles. The predicted octanol–water partition coefficient (Wildman–Crippen LogP) is 3.93. The Kier molecular flexibility index (Phi) is 3.30. The average Bonchev–Trinajstić information content (AvgIpc) is 2.81. The predicted molar refractivity (Wildman–Crippen MR) is 75.9 cm³/mol. The molecule has 3 rings (SSSR count).